The van der Waals surface area contributed by atoms with E-state index in [0.717, 1.165) is 18.5 Å². The molecule has 0 saturated heterocycles. The highest BCUT2D eigenvalue weighted by Crippen LogP contribution is 2.07. The fourth-order valence-electron chi connectivity index (χ4n) is 2.62. The number of halogens is 1. The van der Waals surface area contributed by atoms with E-state index in [2.05, 4.69) is 20.9 Å². The molecule has 170 valence electrons. The van der Waals surface area contributed by atoms with E-state index < -0.39 is 39.7 Å². The molecule has 0 spiro atoms. The standard InChI is InChI=1S/C18H24ClN5O6S/c19-11-31(29,30)24-14(17(27)28)10-22-16(26)13-5-2-12(3-6-13)4-7-15(25)23-18-20-8-1-9-21-18/h2-3,5-6,14,24H,1,4,7-11H2,(H,22,26)(H,27,28)(H2,20,21,23,25). The zero-order valence-corrected chi connectivity index (χ0v) is 18.1. The summed E-state index contributed by atoms with van der Waals surface area (Å²) in [7, 11) is -3.97. The van der Waals surface area contributed by atoms with Crippen LogP contribution in [0.1, 0.15) is 28.8 Å². The summed E-state index contributed by atoms with van der Waals surface area (Å²) < 4.78 is 24.7. The minimum atomic E-state index is -3.97. The monoisotopic (exact) mass is 473 g/mol. The number of hydrogen-bond acceptors (Lipinski definition) is 7. The number of benzene rings is 1. The molecule has 31 heavy (non-hydrogen) atoms. The van der Waals surface area contributed by atoms with Gasteiger partial charge in [-0.05, 0) is 30.5 Å². The summed E-state index contributed by atoms with van der Waals surface area (Å²) in [6.07, 6.45) is 1.63. The molecule has 1 heterocycles. The summed E-state index contributed by atoms with van der Waals surface area (Å²) in [5, 5.41) is 16.4. The second-order valence-corrected chi connectivity index (χ2v) is 9.04. The van der Waals surface area contributed by atoms with Gasteiger partial charge in [0.15, 0.2) is 5.96 Å². The van der Waals surface area contributed by atoms with Crippen LogP contribution in [0.5, 0.6) is 0 Å². The summed E-state index contributed by atoms with van der Waals surface area (Å²) in [6, 6.07) is 4.89. The topological polar surface area (TPSA) is 166 Å². The van der Waals surface area contributed by atoms with E-state index in [0.29, 0.717) is 18.9 Å². The minimum Gasteiger partial charge on any atom is -0.480 e. The van der Waals surface area contributed by atoms with Gasteiger partial charge in [0.2, 0.25) is 15.9 Å². The smallest absolute Gasteiger partial charge is 0.323 e. The van der Waals surface area contributed by atoms with E-state index in [4.69, 9.17) is 16.7 Å². The average molecular weight is 474 g/mol. The van der Waals surface area contributed by atoms with Crippen LogP contribution in [-0.2, 0) is 26.0 Å². The van der Waals surface area contributed by atoms with Crippen molar-refractivity contribution in [3.63, 3.8) is 0 Å². The number of hydrogen-bond donors (Lipinski definition) is 5. The number of guanidine groups is 1. The first-order chi connectivity index (χ1) is 14.7. The lowest BCUT2D eigenvalue weighted by Crippen LogP contribution is -2.48. The SMILES string of the molecule is O=C(CCc1ccc(C(=O)NCC(NS(=O)(=O)CCl)C(=O)O)cc1)NC1=NCCCN1. The molecule has 1 aromatic rings. The van der Waals surface area contributed by atoms with Crippen molar-refractivity contribution in [2.24, 2.45) is 4.99 Å². The number of carboxylic acids is 1. The Balaban J connectivity index is 1.83. The van der Waals surface area contributed by atoms with E-state index in [1.54, 1.807) is 12.1 Å². The Morgan fingerprint density at radius 2 is 1.94 bits per heavy atom. The van der Waals surface area contributed by atoms with Crippen LogP contribution in [0.2, 0.25) is 0 Å². The van der Waals surface area contributed by atoms with E-state index in [9.17, 15) is 22.8 Å². The number of aliphatic carboxylic acids is 1. The van der Waals surface area contributed by atoms with Gasteiger partial charge in [0, 0.05) is 31.6 Å². The molecule has 1 atom stereocenters. The fraction of sp³-hybridized carbons (Fsp3) is 0.444. The van der Waals surface area contributed by atoms with Gasteiger partial charge < -0.3 is 15.7 Å². The molecule has 1 unspecified atom stereocenters. The van der Waals surface area contributed by atoms with Crippen molar-refractivity contribution in [3.8, 4) is 0 Å². The molecule has 5 N–H and O–H groups in total. The first kappa shape index (κ1) is 24.6. The molecule has 2 amide bonds. The number of nitrogens with zero attached hydrogens (tertiary/aromatic N) is 1. The van der Waals surface area contributed by atoms with E-state index in [-0.39, 0.29) is 17.9 Å². The van der Waals surface area contributed by atoms with Crippen LogP contribution in [0.15, 0.2) is 29.3 Å². The molecule has 0 aliphatic carbocycles. The number of alkyl halides is 1. The van der Waals surface area contributed by atoms with E-state index in [1.807, 2.05) is 4.72 Å². The zero-order chi connectivity index (χ0) is 22.9. The minimum absolute atomic E-state index is 0.172. The van der Waals surface area contributed by atoms with Crippen LogP contribution in [0, 0.1) is 0 Å². The lowest BCUT2D eigenvalue weighted by molar-refractivity contribution is -0.138. The lowest BCUT2D eigenvalue weighted by Gasteiger charge is -2.15. The van der Waals surface area contributed by atoms with Crippen molar-refractivity contribution >= 4 is 45.4 Å². The highest BCUT2D eigenvalue weighted by Gasteiger charge is 2.24. The molecule has 2 rings (SSSR count). The Kier molecular flexibility index (Phi) is 9.21. The third kappa shape index (κ3) is 8.52. The van der Waals surface area contributed by atoms with Crippen molar-refractivity contribution in [3.05, 3.63) is 35.4 Å². The summed E-state index contributed by atoms with van der Waals surface area (Å²) in [4.78, 5) is 39.5. The van der Waals surface area contributed by atoms with Gasteiger partial charge in [-0.15, -0.1) is 11.6 Å². The van der Waals surface area contributed by atoms with E-state index >= 15 is 0 Å². The Hall–Kier alpha value is -2.70. The molecule has 11 nitrogen and oxygen atoms in total. The van der Waals surface area contributed by atoms with Crippen molar-refractivity contribution in [1.29, 1.82) is 0 Å². The summed E-state index contributed by atoms with van der Waals surface area (Å²) in [5.41, 5.74) is 1.10. The number of sulfonamides is 1. The molecule has 0 aromatic heterocycles. The highest BCUT2D eigenvalue weighted by molar-refractivity contribution is 7.90. The van der Waals surface area contributed by atoms with Crippen molar-refractivity contribution in [2.75, 3.05) is 24.8 Å². The van der Waals surface area contributed by atoms with Gasteiger partial charge in [0.1, 0.15) is 11.3 Å². The fourth-order valence-corrected chi connectivity index (χ4v) is 3.49. The Labute approximate surface area is 184 Å². The first-order valence-electron chi connectivity index (χ1n) is 9.44. The van der Waals surface area contributed by atoms with Gasteiger partial charge in [-0.1, -0.05) is 12.1 Å². The second kappa shape index (κ2) is 11.6. The second-order valence-electron chi connectivity index (χ2n) is 6.70. The number of carboxylic acid groups (broad SMARTS) is 1. The number of amides is 2. The summed E-state index contributed by atoms with van der Waals surface area (Å²) in [5.74, 6) is -1.70. The van der Waals surface area contributed by atoms with Gasteiger partial charge in [-0.25, -0.2) is 8.42 Å². The highest BCUT2D eigenvalue weighted by atomic mass is 35.5. The first-order valence-corrected chi connectivity index (χ1v) is 11.6. The third-order valence-corrected chi connectivity index (χ3v) is 6.04. The Morgan fingerprint density at radius 1 is 1.23 bits per heavy atom. The maximum atomic E-state index is 12.2. The molecule has 1 aliphatic heterocycles. The number of rotatable bonds is 10. The van der Waals surface area contributed by atoms with Crippen LogP contribution >= 0.6 is 11.6 Å². The quantitative estimate of drug-likeness (QED) is 0.282. The number of aryl methyl sites for hydroxylation is 1. The van der Waals surface area contributed by atoms with Crippen LogP contribution in [-0.4, -0.2) is 68.2 Å². The number of aliphatic imine (C=N–C) groups is 1. The maximum Gasteiger partial charge on any atom is 0.323 e. The van der Waals surface area contributed by atoms with Crippen LogP contribution in [0.25, 0.3) is 0 Å². The Bertz CT molecular complexity index is 935. The molecule has 0 bridgehead atoms. The maximum absolute atomic E-state index is 12.2. The summed E-state index contributed by atoms with van der Waals surface area (Å²) >= 11 is 5.24. The van der Waals surface area contributed by atoms with Crippen LogP contribution < -0.4 is 20.7 Å². The molecule has 1 aliphatic rings. The third-order valence-electron chi connectivity index (χ3n) is 4.24. The van der Waals surface area contributed by atoms with Crippen molar-refractivity contribution in [1.82, 2.24) is 20.7 Å². The van der Waals surface area contributed by atoms with Crippen molar-refractivity contribution < 1.29 is 27.9 Å². The lowest BCUT2D eigenvalue weighted by atomic mass is 10.1. The van der Waals surface area contributed by atoms with E-state index in [1.165, 1.54) is 12.1 Å². The van der Waals surface area contributed by atoms with Crippen molar-refractivity contribution in [2.45, 2.75) is 25.3 Å². The molecule has 0 fully saturated rings. The van der Waals surface area contributed by atoms with Crippen LogP contribution in [0.3, 0.4) is 0 Å². The molecule has 0 saturated carbocycles. The number of carbonyl (C=O) groups is 3. The number of carbonyl (C=O) groups excluding carboxylic acids is 2. The molecule has 13 heteroatoms. The molecular weight excluding hydrogens is 450 g/mol. The molecular formula is C18H24ClN5O6S. The summed E-state index contributed by atoms with van der Waals surface area (Å²) in [6.45, 7) is 0.997. The van der Waals surface area contributed by atoms with Gasteiger partial charge in [-0.3, -0.25) is 24.7 Å². The van der Waals surface area contributed by atoms with Gasteiger partial charge in [0.25, 0.3) is 5.91 Å². The Morgan fingerprint density at radius 3 is 2.52 bits per heavy atom. The molecule has 1 aromatic carbocycles. The van der Waals surface area contributed by atoms with Gasteiger partial charge in [-0.2, -0.15) is 4.72 Å². The average Bonchev–Trinajstić information content (AvgIpc) is 2.76. The van der Waals surface area contributed by atoms with Gasteiger partial charge >= 0.3 is 5.97 Å². The molecule has 0 radical (unpaired) electrons. The van der Waals surface area contributed by atoms with Gasteiger partial charge in [0.05, 0.1) is 0 Å². The van der Waals surface area contributed by atoms with Crippen LogP contribution in [0.4, 0.5) is 0 Å². The predicted molar refractivity (Wildman–Crippen MR) is 114 cm³/mol. The number of nitrogens with one attached hydrogen (secondary N) is 4. The normalized spacial score (nSPS) is 14.7. The zero-order valence-electron chi connectivity index (χ0n) is 16.6. The largest absolute Gasteiger partial charge is 0.480 e. The predicted octanol–water partition coefficient (Wildman–Crippen LogP) is -0.617.